The molecule has 0 aromatic rings. The summed E-state index contributed by atoms with van der Waals surface area (Å²) in [6.45, 7) is 3.05. The number of rotatable bonds is 0. The van der Waals surface area contributed by atoms with E-state index in [4.69, 9.17) is 4.74 Å². The molecule has 1 N–H and O–H groups in total. The summed E-state index contributed by atoms with van der Waals surface area (Å²) in [7, 11) is 0. The molecule has 1 spiro atoms. The molecule has 0 aliphatic carbocycles. The number of fused-ring (bicyclic) bond motifs is 2. The molecule has 3 aliphatic rings. The maximum absolute atomic E-state index is 6.05. The summed E-state index contributed by atoms with van der Waals surface area (Å²) in [5.74, 6) is 1.10. The summed E-state index contributed by atoms with van der Waals surface area (Å²) < 4.78 is 6.05. The first-order valence-corrected chi connectivity index (χ1v) is 5.45. The van der Waals surface area contributed by atoms with Gasteiger partial charge in [-0.2, -0.15) is 0 Å². The van der Waals surface area contributed by atoms with Crippen LogP contribution in [0.1, 0.15) is 12.8 Å². The smallest absolute Gasteiger partial charge is 0.0790 e. The van der Waals surface area contributed by atoms with Crippen LogP contribution in [0.4, 0.5) is 0 Å². The van der Waals surface area contributed by atoms with Crippen LogP contribution in [0.3, 0.4) is 0 Å². The van der Waals surface area contributed by atoms with E-state index in [1.165, 1.54) is 0 Å². The Morgan fingerprint density at radius 1 is 1.36 bits per heavy atom. The Morgan fingerprint density at radius 3 is 3.07 bits per heavy atom. The van der Waals surface area contributed by atoms with Crippen LogP contribution in [0.15, 0.2) is 17.3 Å². The average Bonchev–Trinajstić information content (AvgIpc) is 2.60. The van der Waals surface area contributed by atoms with Crippen molar-refractivity contribution in [2.24, 2.45) is 16.8 Å². The minimum atomic E-state index is 0.101. The molecule has 0 saturated carbocycles. The predicted octanol–water partition coefficient (Wildman–Crippen LogP) is 0.969. The van der Waals surface area contributed by atoms with Gasteiger partial charge in [0, 0.05) is 24.3 Å². The molecule has 0 amide bonds. The van der Waals surface area contributed by atoms with Crippen LogP contribution in [0.2, 0.25) is 0 Å². The summed E-state index contributed by atoms with van der Waals surface area (Å²) >= 11 is 0. The summed E-state index contributed by atoms with van der Waals surface area (Å²) in [5, 5.41) is 3.39. The van der Waals surface area contributed by atoms with E-state index >= 15 is 0 Å². The standard InChI is InChI=1S/C11H16N2O/c1-4-13-7-10-9(1)8-14-11(10)2-5-12-6-3-11/h1,4,7,9-10,12H,2-3,5-6,8H2. The van der Waals surface area contributed by atoms with Gasteiger partial charge in [-0.3, -0.25) is 4.99 Å². The van der Waals surface area contributed by atoms with Gasteiger partial charge in [-0.15, -0.1) is 0 Å². The van der Waals surface area contributed by atoms with Crippen LogP contribution in [-0.2, 0) is 4.74 Å². The van der Waals surface area contributed by atoms with Crippen molar-refractivity contribution >= 4 is 6.21 Å². The highest BCUT2D eigenvalue weighted by Gasteiger charge is 2.48. The highest BCUT2D eigenvalue weighted by atomic mass is 16.5. The van der Waals surface area contributed by atoms with Gasteiger partial charge in [0.2, 0.25) is 0 Å². The maximum atomic E-state index is 6.05. The lowest BCUT2D eigenvalue weighted by Crippen LogP contribution is -2.47. The molecule has 0 aromatic carbocycles. The van der Waals surface area contributed by atoms with Crippen molar-refractivity contribution in [3.8, 4) is 0 Å². The second-order valence-corrected chi connectivity index (χ2v) is 4.46. The number of piperidine rings is 1. The number of nitrogens with zero attached hydrogens (tertiary/aromatic N) is 1. The summed E-state index contributed by atoms with van der Waals surface area (Å²) in [5.41, 5.74) is 0.101. The zero-order chi connectivity index (χ0) is 9.43. The Kier molecular flexibility index (Phi) is 1.96. The van der Waals surface area contributed by atoms with Crippen LogP contribution in [0.5, 0.6) is 0 Å². The third-order valence-electron chi connectivity index (χ3n) is 3.75. The third-order valence-corrected chi connectivity index (χ3v) is 3.75. The van der Waals surface area contributed by atoms with Crippen molar-refractivity contribution < 1.29 is 4.74 Å². The van der Waals surface area contributed by atoms with Crippen molar-refractivity contribution in [2.45, 2.75) is 18.4 Å². The van der Waals surface area contributed by atoms with Gasteiger partial charge in [0.05, 0.1) is 12.2 Å². The lowest BCUT2D eigenvalue weighted by atomic mass is 9.76. The fourth-order valence-corrected chi connectivity index (χ4v) is 2.90. The lowest BCUT2D eigenvalue weighted by molar-refractivity contribution is -0.0305. The Hall–Kier alpha value is -0.670. The molecule has 0 aromatic heterocycles. The van der Waals surface area contributed by atoms with Crippen molar-refractivity contribution in [1.82, 2.24) is 5.32 Å². The zero-order valence-corrected chi connectivity index (χ0v) is 8.28. The Balaban J connectivity index is 1.87. The molecule has 3 heteroatoms. The molecule has 3 heterocycles. The molecule has 3 nitrogen and oxygen atoms in total. The van der Waals surface area contributed by atoms with Gasteiger partial charge in [0.25, 0.3) is 0 Å². The second-order valence-electron chi connectivity index (χ2n) is 4.46. The minimum Gasteiger partial charge on any atom is -0.374 e. The summed E-state index contributed by atoms with van der Waals surface area (Å²) in [6, 6.07) is 0. The Labute approximate surface area is 84.2 Å². The molecule has 2 saturated heterocycles. The Morgan fingerprint density at radius 2 is 2.21 bits per heavy atom. The molecule has 76 valence electrons. The average molecular weight is 192 g/mol. The van der Waals surface area contributed by atoms with Crippen LogP contribution >= 0.6 is 0 Å². The molecule has 14 heavy (non-hydrogen) atoms. The lowest BCUT2D eigenvalue weighted by Gasteiger charge is -2.37. The molecule has 2 fully saturated rings. The molecule has 3 aliphatic heterocycles. The first-order chi connectivity index (χ1) is 6.91. The van der Waals surface area contributed by atoms with Crippen molar-refractivity contribution in [1.29, 1.82) is 0 Å². The number of ether oxygens (including phenoxy) is 1. The van der Waals surface area contributed by atoms with E-state index in [-0.39, 0.29) is 5.60 Å². The van der Waals surface area contributed by atoms with E-state index in [1.54, 1.807) is 0 Å². The minimum absolute atomic E-state index is 0.101. The molecule has 2 unspecified atom stereocenters. The fourth-order valence-electron chi connectivity index (χ4n) is 2.90. The number of hydrogen-bond acceptors (Lipinski definition) is 3. The molecule has 2 atom stereocenters. The van der Waals surface area contributed by atoms with Gasteiger partial charge in [-0.05, 0) is 25.9 Å². The fraction of sp³-hybridized carbons (Fsp3) is 0.727. The highest BCUT2D eigenvalue weighted by Crippen LogP contribution is 2.42. The van der Waals surface area contributed by atoms with E-state index in [2.05, 4.69) is 22.6 Å². The van der Waals surface area contributed by atoms with Crippen molar-refractivity contribution in [3.63, 3.8) is 0 Å². The van der Waals surface area contributed by atoms with Gasteiger partial charge in [-0.25, -0.2) is 0 Å². The first-order valence-electron chi connectivity index (χ1n) is 5.45. The number of aliphatic imine (C=N–C) groups is 1. The maximum Gasteiger partial charge on any atom is 0.0790 e. The van der Waals surface area contributed by atoms with E-state index in [0.29, 0.717) is 11.8 Å². The Bertz CT molecular complexity index is 279. The van der Waals surface area contributed by atoms with Gasteiger partial charge in [0.15, 0.2) is 0 Å². The number of hydrogen-bond donors (Lipinski definition) is 1. The van der Waals surface area contributed by atoms with Crippen LogP contribution in [0.25, 0.3) is 0 Å². The van der Waals surface area contributed by atoms with Gasteiger partial charge < -0.3 is 10.1 Å². The van der Waals surface area contributed by atoms with Crippen LogP contribution in [0, 0.1) is 11.8 Å². The van der Waals surface area contributed by atoms with Crippen molar-refractivity contribution in [3.05, 3.63) is 12.3 Å². The van der Waals surface area contributed by atoms with Crippen LogP contribution in [-0.4, -0.2) is 31.5 Å². The molecule has 0 bridgehead atoms. The predicted molar refractivity (Wildman–Crippen MR) is 55.4 cm³/mol. The SMILES string of the molecule is C1=CC2COC3(CCNCC3)C2C=N1. The van der Waals surface area contributed by atoms with Gasteiger partial charge >= 0.3 is 0 Å². The second kappa shape index (κ2) is 3.17. The molecule has 0 radical (unpaired) electrons. The zero-order valence-electron chi connectivity index (χ0n) is 8.28. The number of nitrogens with one attached hydrogen (secondary N) is 1. The molecular formula is C11H16N2O. The first kappa shape index (κ1) is 8.62. The van der Waals surface area contributed by atoms with Gasteiger partial charge in [-0.1, -0.05) is 6.08 Å². The summed E-state index contributed by atoms with van der Waals surface area (Å²) in [6.07, 6.45) is 8.47. The van der Waals surface area contributed by atoms with Crippen LogP contribution < -0.4 is 5.32 Å². The van der Waals surface area contributed by atoms with Gasteiger partial charge in [0.1, 0.15) is 0 Å². The normalized spacial score (nSPS) is 38.9. The summed E-state index contributed by atoms with van der Waals surface area (Å²) in [4.78, 5) is 4.26. The van der Waals surface area contributed by atoms with E-state index in [9.17, 15) is 0 Å². The van der Waals surface area contributed by atoms with E-state index < -0.39 is 0 Å². The third kappa shape index (κ3) is 1.16. The molecule has 3 rings (SSSR count). The van der Waals surface area contributed by atoms with E-state index in [0.717, 1.165) is 32.5 Å². The largest absolute Gasteiger partial charge is 0.374 e. The topological polar surface area (TPSA) is 33.6 Å². The quantitative estimate of drug-likeness (QED) is 0.620. The van der Waals surface area contributed by atoms with Crippen molar-refractivity contribution in [2.75, 3.05) is 19.7 Å². The molecular weight excluding hydrogens is 176 g/mol. The van der Waals surface area contributed by atoms with E-state index in [1.807, 2.05) is 6.20 Å². The monoisotopic (exact) mass is 192 g/mol. The highest BCUT2D eigenvalue weighted by molar-refractivity contribution is 5.66.